The van der Waals surface area contributed by atoms with Crippen molar-refractivity contribution in [2.24, 2.45) is 0 Å². The van der Waals surface area contributed by atoms with E-state index in [2.05, 4.69) is 15.6 Å². The van der Waals surface area contributed by atoms with Crippen LogP contribution in [-0.2, 0) is 4.79 Å². The van der Waals surface area contributed by atoms with E-state index in [4.69, 9.17) is 0 Å². The third-order valence-corrected chi connectivity index (χ3v) is 3.36. The van der Waals surface area contributed by atoms with E-state index < -0.39 is 0 Å². The molecule has 2 rings (SSSR count). The molecule has 0 radical (unpaired) electrons. The third-order valence-electron chi connectivity index (χ3n) is 3.36. The Labute approximate surface area is 129 Å². The van der Waals surface area contributed by atoms with Gasteiger partial charge in [0.25, 0.3) is 5.91 Å². The van der Waals surface area contributed by atoms with Crippen molar-refractivity contribution in [2.75, 3.05) is 11.9 Å². The number of carbonyl (C=O) groups is 2. The summed E-state index contributed by atoms with van der Waals surface area (Å²) >= 11 is 0. The van der Waals surface area contributed by atoms with Crippen LogP contribution in [0.25, 0.3) is 0 Å². The van der Waals surface area contributed by atoms with Gasteiger partial charge >= 0.3 is 0 Å². The van der Waals surface area contributed by atoms with Crippen molar-refractivity contribution in [2.45, 2.75) is 20.8 Å². The van der Waals surface area contributed by atoms with E-state index in [0.717, 1.165) is 16.7 Å². The van der Waals surface area contributed by atoms with Crippen LogP contribution >= 0.6 is 0 Å². The van der Waals surface area contributed by atoms with E-state index in [0.29, 0.717) is 11.4 Å². The lowest BCUT2D eigenvalue weighted by Crippen LogP contribution is -2.33. The molecule has 5 heteroatoms. The number of hydrogen-bond donors (Lipinski definition) is 2. The number of rotatable bonds is 4. The van der Waals surface area contributed by atoms with Gasteiger partial charge in [0.05, 0.1) is 6.54 Å². The van der Waals surface area contributed by atoms with Crippen LogP contribution in [0.1, 0.15) is 27.0 Å². The van der Waals surface area contributed by atoms with E-state index >= 15 is 0 Å². The van der Waals surface area contributed by atoms with Crippen molar-refractivity contribution in [3.05, 3.63) is 58.8 Å². The Morgan fingerprint density at radius 1 is 1.05 bits per heavy atom. The fourth-order valence-corrected chi connectivity index (χ4v) is 1.94. The van der Waals surface area contributed by atoms with Crippen molar-refractivity contribution < 1.29 is 9.59 Å². The summed E-state index contributed by atoms with van der Waals surface area (Å²) in [6.07, 6.45) is 1.62. The van der Waals surface area contributed by atoms with Crippen LogP contribution in [0.3, 0.4) is 0 Å². The fourth-order valence-electron chi connectivity index (χ4n) is 1.94. The second-order valence-electron chi connectivity index (χ2n) is 5.25. The maximum atomic E-state index is 12.0. The van der Waals surface area contributed by atoms with Crippen molar-refractivity contribution >= 4 is 17.6 Å². The lowest BCUT2D eigenvalue weighted by molar-refractivity contribution is -0.115. The number of nitrogens with one attached hydrogen (secondary N) is 2. The molecule has 5 nitrogen and oxygen atoms in total. The number of anilines is 1. The molecule has 0 unspecified atom stereocenters. The smallest absolute Gasteiger partial charge is 0.251 e. The molecule has 22 heavy (non-hydrogen) atoms. The van der Waals surface area contributed by atoms with Gasteiger partial charge < -0.3 is 10.6 Å². The first kappa shape index (κ1) is 15.7. The van der Waals surface area contributed by atoms with E-state index in [1.54, 1.807) is 18.3 Å². The number of aryl methyl sites for hydroxylation is 3. The topological polar surface area (TPSA) is 71.1 Å². The summed E-state index contributed by atoms with van der Waals surface area (Å²) in [5.74, 6) is -0.101. The van der Waals surface area contributed by atoms with E-state index in [1.807, 2.05) is 39.0 Å². The highest BCUT2D eigenvalue weighted by Crippen LogP contribution is 2.09. The Balaban J connectivity index is 1.90. The minimum Gasteiger partial charge on any atom is -0.343 e. The van der Waals surface area contributed by atoms with Crippen LogP contribution in [0.5, 0.6) is 0 Å². The average molecular weight is 297 g/mol. The maximum absolute atomic E-state index is 12.0. The summed E-state index contributed by atoms with van der Waals surface area (Å²) in [6.45, 7) is 5.75. The zero-order valence-electron chi connectivity index (χ0n) is 12.9. The number of carbonyl (C=O) groups excluding carboxylic acids is 2. The lowest BCUT2D eigenvalue weighted by Gasteiger charge is -2.08. The zero-order valence-corrected chi connectivity index (χ0v) is 12.9. The molecule has 0 fully saturated rings. The largest absolute Gasteiger partial charge is 0.343 e. The summed E-state index contributed by atoms with van der Waals surface area (Å²) in [4.78, 5) is 27.9. The van der Waals surface area contributed by atoms with Crippen LogP contribution < -0.4 is 10.6 Å². The van der Waals surface area contributed by atoms with Gasteiger partial charge in [0, 0.05) is 11.8 Å². The third kappa shape index (κ3) is 4.15. The predicted octanol–water partition coefficient (Wildman–Crippen LogP) is 2.38. The van der Waals surface area contributed by atoms with Crippen LogP contribution in [0.15, 0.2) is 36.5 Å². The molecule has 0 aliphatic rings. The van der Waals surface area contributed by atoms with Crippen LogP contribution in [0.2, 0.25) is 0 Å². The molecule has 2 N–H and O–H groups in total. The Morgan fingerprint density at radius 2 is 1.82 bits per heavy atom. The SMILES string of the molecule is Cc1ccnc(NC(=O)CNC(=O)c2ccc(C)c(C)c2)c1. The van der Waals surface area contributed by atoms with Gasteiger partial charge in [0.1, 0.15) is 5.82 Å². The molecule has 0 aliphatic heterocycles. The Bertz CT molecular complexity index is 711. The molecule has 0 saturated heterocycles. The molecule has 1 heterocycles. The van der Waals surface area contributed by atoms with Crippen LogP contribution in [0, 0.1) is 20.8 Å². The Morgan fingerprint density at radius 3 is 2.50 bits per heavy atom. The summed E-state index contributed by atoms with van der Waals surface area (Å²) in [7, 11) is 0. The number of benzene rings is 1. The highest BCUT2D eigenvalue weighted by Gasteiger charge is 2.09. The molecule has 0 atom stereocenters. The van der Waals surface area contributed by atoms with Gasteiger partial charge in [-0.25, -0.2) is 4.98 Å². The zero-order chi connectivity index (χ0) is 16.1. The quantitative estimate of drug-likeness (QED) is 0.910. The van der Waals surface area contributed by atoms with Gasteiger partial charge in [-0.3, -0.25) is 9.59 Å². The van der Waals surface area contributed by atoms with Gasteiger partial charge in [-0.2, -0.15) is 0 Å². The second-order valence-corrected chi connectivity index (χ2v) is 5.25. The Hall–Kier alpha value is -2.69. The number of hydrogen-bond acceptors (Lipinski definition) is 3. The van der Waals surface area contributed by atoms with Gasteiger partial charge in [-0.05, 0) is 61.7 Å². The molecule has 0 spiro atoms. The maximum Gasteiger partial charge on any atom is 0.251 e. The highest BCUT2D eigenvalue weighted by atomic mass is 16.2. The van der Waals surface area contributed by atoms with Crippen LogP contribution in [0.4, 0.5) is 5.82 Å². The van der Waals surface area contributed by atoms with E-state index in [9.17, 15) is 9.59 Å². The predicted molar refractivity (Wildman–Crippen MR) is 85.9 cm³/mol. The molecule has 2 amide bonds. The van der Waals surface area contributed by atoms with Gasteiger partial charge in [-0.1, -0.05) is 6.07 Å². The molecular weight excluding hydrogens is 278 g/mol. The van der Waals surface area contributed by atoms with E-state index in [-0.39, 0.29) is 18.4 Å². The molecule has 114 valence electrons. The Kier molecular flexibility index (Phi) is 4.88. The molecule has 0 saturated carbocycles. The van der Waals surface area contributed by atoms with Crippen molar-refractivity contribution in [1.82, 2.24) is 10.3 Å². The first-order valence-corrected chi connectivity index (χ1v) is 7.03. The normalized spacial score (nSPS) is 10.1. The number of pyridine rings is 1. The minimum atomic E-state index is -0.310. The second kappa shape index (κ2) is 6.85. The van der Waals surface area contributed by atoms with E-state index in [1.165, 1.54) is 0 Å². The highest BCUT2D eigenvalue weighted by molar-refractivity contribution is 5.99. The molecule has 1 aromatic heterocycles. The summed E-state index contributed by atoms with van der Waals surface area (Å²) in [5.41, 5.74) is 3.72. The summed E-state index contributed by atoms with van der Waals surface area (Å²) in [6, 6.07) is 9.06. The molecular formula is C17H19N3O2. The molecule has 0 aliphatic carbocycles. The van der Waals surface area contributed by atoms with Gasteiger partial charge in [0.2, 0.25) is 5.91 Å². The summed E-state index contributed by atoms with van der Waals surface area (Å²) in [5, 5.41) is 5.25. The number of aromatic nitrogens is 1. The van der Waals surface area contributed by atoms with Crippen molar-refractivity contribution in [1.29, 1.82) is 0 Å². The number of nitrogens with zero attached hydrogens (tertiary/aromatic N) is 1. The first-order chi connectivity index (χ1) is 10.5. The number of amides is 2. The minimum absolute atomic E-state index is 0.0959. The standard InChI is InChI=1S/C17H19N3O2/c1-11-6-7-18-15(8-11)20-16(21)10-19-17(22)14-5-4-12(2)13(3)9-14/h4-9H,10H2,1-3H3,(H,19,22)(H,18,20,21). The first-order valence-electron chi connectivity index (χ1n) is 7.03. The monoisotopic (exact) mass is 297 g/mol. The van der Waals surface area contributed by atoms with Crippen LogP contribution in [-0.4, -0.2) is 23.3 Å². The summed E-state index contributed by atoms with van der Waals surface area (Å²) < 4.78 is 0. The average Bonchev–Trinajstić information content (AvgIpc) is 2.47. The van der Waals surface area contributed by atoms with Gasteiger partial charge in [-0.15, -0.1) is 0 Å². The van der Waals surface area contributed by atoms with Crippen molar-refractivity contribution in [3.8, 4) is 0 Å². The lowest BCUT2D eigenvalue weighted by atomic mass is 10.1. The molecule has 2 aromatic rings. The van der Waals surface area contributed by atoms with Crippen molar-refractivity contribution in [3.63, 3.8) is 0 Å². The fraction of sp³-hybridized carbons (Fsp3) is 0.235. The molecule has 1 aromatic carbocycles. The molecule has 0 bridgehead atoms. The van der Waals surface area contributed by atoms with Gasteiger partial charge in [0.15, 0.2) is 0 Å².